The first-order valence-corrected chi connectivity index (χ1v) is 7.66. The summed E-state index contributed by atoms with van der Waals surface area (Å²) in [5, 5.41) is 4.36. The van der Waals surface area contributed by atoms with E-state index in [1.807, 2.05) is 13.0 Å². The Balaban J connectivity index is 1.93. The van der Waals surface area contributed by atoms with Crippen LogP contribution in [-0.2, 0) is 6.42 Å². The van der Waals surface area contributed by atoms with Crippen molar-refractivity contribution in [2.45, 2.75) is 32.7 Å². The molecule has 2 aromatic carbocycles. The van der Waals surface area contributed by atoms with Gasteiger partial charge >= 0.3 is 0 Å². The summed E-state index contributed by atoms with van der Waals surface area (Å²) < 4.78 is 5.46. The zero-order valence-corrected chi connectivity index (χ0v) is 13.4. The highest BCUT2D eigenvalue weighted by atomic mass is 35.5. The molecule has 0 radical (unpaired) electrons. The molecule has 0 saturated carbocycles. The second kappa shape index (κ2) is 5.61. The van der Waals surface area contributed by atoms with Gasteiger partial charge in [-0.05, 0) is 49.4 Å². The van der Waals surface area contributed by atoms with E-state index in [1.54, 1.807) is 7.11 Å². The molecule has 0 fully saturated rings. The van der Waals surface area contributed by atoms with Crippen LogP contribution in [0.5, 0.6) is 5.75 Å². The highest BCUT2D eigenvalue weighted by Crippen LogP contribution is 2.38. The van der Waals surface area contributed by atoms with Crippen LogP contribution in [0.1, 0.15) is 34.7 Å². The maximum Gasteiger partial charge on any atom is 0.143 e. The fraction of sp³-hybridized carbons (Fsp3) is 0.333. The van der Waals surface area contributed by atoms with Crippen molar-refractivity contribution in [3.63, 3.8) is 0 Å². The first-order chi connectivity index (χ1) is 10.1. The number of benzene rings is 2. The van der Waals surface area contributed by atoms with Crippen molar-refractivity contribution in [1.82, 2.24) is 0 Å². The molecule has 0 amide bonds. The van der Waals surface area contributed by atoms with Gasteiger partial charge in [-0.15, -0.1) is 0 Å². The van der Waals surface area contributed by atoms with Crippen LogP contribution in [0.15, 0.2) is 30.3 Å². The molecule has 0 aliphatic heterocycles. The summed E-state index contributed by atoms with van der Waals surface area (Å²) in [4.78, 5) is 0. The van der Waals surface area contributed by atoms with Gasteiger partial charge in [-0.2, -0.15) is 0 Å². The number of aryl methyl sites for hydroxylation is 3. The number of anilines is 1. The molecule has 2 aromatic rings. The Morgan fingerprint density at radius 1 is 1.19 bits per heavy atom. The van der Waals surface area contributed by atoms with Gasteiger partial charge in [-0.3, -0.25) is 0 Å². The largest absolute Gasteiger partial charge is 0.495 e. The van der Waals surface area contributed by atoms with Crippen molar-refractivity contribution >= 4 is 17.3 Å². The van der Waals surface area contributed by atoms with Crippen LogP contribution >= 0.6 is 11.6 Å². The third kappa shape index (κ3) is 2.73. The smallest absolute Gasteiger partial charge is 0.143 e. The number of nitrogens with one attached hydrogen (secondary N) is 1. The van der Waals surface area contributed by atoms with Crippen LogP contribution in [0.25, 0.3) is 0 Å². The summed E-state index contributed by atoms with van der Waals surface area (Å²) >= 11 is 6.18. The van der Waals surface area contributed by atoms with E-state index >= 15 is 0 Å². The molecule has 21 heavy (non-hydrogen) atoms. The third-order valence-electron chi connectivity index (χ3n) is 4.19. The predicted octanol–water partition coefficient (Wildman–Crippen LogP) is 5.06. The van der Waals surface area contributed by atoms with E-state index in [-0.39, 0.29) is 0 Å². The first kappa shape index (κ1) is 14.3. The van der Waals surface area contributed by atoms with Crippen molar-refractivity contribution < 1.29 is 4.74 Å². The lowest BCUT2D eigenvalue weighted by Crippen LogP contribution is -2.08. The van der Waals surface area contributed by atoms with Crippen LogP contribution in [-0.4, -0.2) is 7.11 Å². The van der Waals surface area contributed by atoms with E-state index in [4.69, 9.17) is 16.3 Å². The number of ether oxygens (including phenoxy) is 1. The van der Waals surface area contributed by atoms with E-state index in [9.17, 15) is 0 Å². The lowest BCUT2D eigenvalue weighted by molar-refractivity contribution is 0.416. The Bertz CT molecular complexity index is 681. The Morgan fingerprint density at radius 2 is 2.00 bits per heavy atom. The fourth-order valence-electron chi connectivity index (χ4n) is 3.00. The Labute approximate surface area is 131 Å². The summed E-state index contributed by atoms with van der Waals surface area (Å²) in [7, 11) is 1.68. The summed E-state index contributed by atoms with van der Waals surface area (Å²) in [6.07, 6.45) is 2.24. The molecule has 1 aliphatic rings. The fourth-order valence-corrected chi connectivity index (χ4v) is 3.16. The van der Waals surface area contributed by atoms with Crippen molar-refractivity contribution in [3.8, 4) is 5.75 Å². The molecule has 1 atom stereocenters. The van der Waals surface area contributed by atoms with Crippen molar-refractivity contribution in [3.05, 3.63) is 57.6 Å². The average molecular weight is 302 g/mol. The zero-order valence-electron chi connectivity index (χ0n) is 12.7. The minimum Gasteiger partial charge on any atom is -0.495 e. The maximum absolute atomic E-state index is 6.18. The Hall–Kier alpha value is -1.67. The predicted molar refractivity (Wildman–Crippen MR) is 88.6 cm³/mol. The van der Waals surface area contributed by atoms with Crippen molar-refractivity contribution in [1.29, 1.82) is 0 Å². The third-order valence-corrected chi connectivity index (χ3v) is 4.60. The number of methoxy groups -OCH3 is 1. The molecule has 1 unspecified atom stereocenters. The molecule has 110 valence electrons. The molecule has 0 saturated heterocycles. The van der Waals surface area contributed by atoms with Gasteiger partial charge in [-0.25, -0.2) is 0 Å². The monoisotopic (exact) mass is 301 g/mol. The quantitative estimate of drug-likeness (QED) is 0.855. The maximum atomic E-state index is 6.18. The van der Waals surface area contributed by atoms with Gasteiger partial charge in [0.2, 0.25) is 0 Å². The van der Waals surface area contributed by atoms with Gasteiger partial charge in [0.1, 0.15) is 5.75 Å². The molecular formula is C18H20ClNO. The second-order valence-corrected chi connectivity index (χ2v) is 6.15. The molecule has 0 bridgehead atoms. The van der Waals surface area contributed by atoms with Crippen LogP contribution in [0.3, 0.4) is 0 Å². The van der Waals surface area contributed by atoms with Gasteiger partial charge in [0.25, 0.3) is 0 Å². The van der Waals surface area contributed by atoms with E-state index in [0.717, 1.165) is 34.9 Å². The number of hydrogen-bond donors (Lipinski definition) is 1. The SMILES string of the molecule is COc1cc(Cl)c(C)cc1NC1CCc2ccc(C)cc21. The number of hydrogen-bond acceptors (Lipinski definition) is 2. The molecule has 2 nitrogen and oxygen atoms in total. The average Bonchev–Trinajstić information content (AvgIpc) is 2.85. The molecule has 0 spiro atoms. The highest BCUT2D eigenvalue weighted by Gasteiger charge is 2.23. The molecular weight excluding hydrogens is 282 g/mol. The van der Waals surface area contributed by atoms with Gasteiger partial charge in [0, 0.05) is 11.1 Å². The zero-order chi connectivity index (χ0) is 15.0. The molecule has 0 heterocycles. The van der Waals surface area contributed by atoms with Gasteiger partial charge in [0.05, 0.1) is 18.8 Å². The van der Waals surface area contributed by atoms with Crippen LogP contribution in [0.2, 0.25) is 5.02 Å². The molecule has 3 rings (SSSR count). The number of fused-ring (bicyclic) bond motifs is 1. The number of rotatable bonds is 3. The normalized spacial score (nSPS) is 16.7. The minimum absolute atomic E-state index is 0.342. The molecule has 1 aliphatic carbocycles. The Morgan fingerprint density at radius 3 is 2.76 bits per heavy atom. The van der Waals surface area contributed by atoms with E-state index < -0.39 is 0 Å². The topological polar surface area (TPSA) is 21.3 Å². The molecule has 0 aromatic heterocycles. The summed E-state index contributed by atoms with van der Waals surface area (Å²) in [5.41, 5.74) is 6.23. The van der Waals surface area contributed by atoms with Crippen molar-refractivity contribution in [2.24, 2.45) is 0 Å². The second-order valence-electron chi connectivity index (χ2n) is 5.74. The van der Waals surface area contributed by atoms with Crippen LogP contribution in [0.4, 0.5) is 5.69 Å². The van der Waals surface area contributed by atoms with E-state index in [0.29, 0.717) is 6.04 Å². The summed E-state index contributed by atoms with van der Waals surface area (Å²) in [5.74, 6) is 0.798. The highest BCUT2D eigenvalue weighted by molar-refractivity contribution is 6.31. The molecule has 3 heteroatoms. The van der Waals surface area contributed by atoms with Gasteiger partial charge in [0.15, 0.2) is 0 Å². The van der Waals surface area contributed by atoms with E-state index in [1.165, 1.54) is 16.7 Å². The van der Waals surface area contributed by atoms with E-state index in [2.05, 4.69) is 36.5 Å². The summed E-state index contributed by atoms with van der Waals surface area (Å²) in [6.45, 7) is 4.16. The first-order valence-electron chi connectivity index (χ1n) is 7.28. The standard InChI is InChI=1S/C18H20ClNO/c1-11-4-5-13-6-7-16(14(13)8-11)20-17-9-12(2)15(19)10-18(17)21-3/h4-5,8-10,16,20H,6-7H2,1-3H3. The van der Waals surface area contributed by atoms with Crippen LogP contribution in [0, 0.1) is 13.8 Å². The minimum atomic E-state index is 0.342. The van der Waals surface area contributed by atoms with Gasteiger partial charge in [-0.1, -0.05) is 35.4 Å². The lowest BCUT2D eigenvalue weighted by Gasteiger charge is -2.19. The summed E-state index contributed by atoms with van der Waals surface area (Å²) in [6, 6.07) is 11.0. The number of halogens is 1. The van der Waals surface area contributed by atoms with Gasteiger partial charge < -0.3 is 10.1 Å². The van der Waals surface area contributed by atoms with Crippen LogP contribution < -0.4 is 10.1 Å². The Kier molecular flexibility index (Phi) is 3.81. The lowest BCUT2D eigenvalue weighted by atomic mass is 10.0. The van der Waals surface area contributed by atoms with Crippen molar-refractivity contribution in [2.75, 3.05) is 12.4 Å². The molecule has 1 N–H and O–H groups in total.